The van der Waals surface area contributed by atoms with Crippen LogP contribution in [0.2, 0.25) is 0 Å². The van der Waals surface area contributed by atoms with Crippen LogP contribution in [-0.2, 0) is 74.9 Å². The van der Waals surface area contributed by atoms with E-state index < -0.39 is 120 Å². The van der Waals surface area contributed by atoms with E-state index in [2.05, 4.69) is 0 Å². The zero-order valence-electron chi connectivity index (χ0n) is 47.9. The summed E-state index contributed by atoms with van der Waals surface area (Å²) in [5, 5.41) is 0. The molecule has 2 aliphatic rings. The Morgan fingerprint density at radius 3 is 1.17 bits per heavy atom. The Hall–Kier alpha value is -5.98. The van der Waals surface area contributed by atoms with Gasteiger partial charge >= 0.3 is 23.9 Å². The summed E-state index contributed by atoms with van der Waals surface area (Å²) in [5.41, 5.74) is -1.13. The Labute approximate surface area is 453 Å². The number of esters is 4. The maximum Gasteiger partial charge on any atom is 0.329 e. The lowest BCUT2D eigenvalue weighted by molar-refractivity contribution is -0.176. The van der Waals surface area contributed by atoms with E-state index in [9.17, 15) is 38.4 Å². The first-order valence-corrected chi connectivity index (χ1v) is 26.8. The molecule has 2 saturated heterocycles. The van der Waals surface area contributed by atoms with Gasteiger partial charge in [-0.2, -0.15) is 0 Å². The van der Waals surface area contributed by atoms with Crippen LogP contribution >= 0.6 is 0 Å². The number of likely N-dealkylation sites (N-methyl/N-ethyl adjacent to an activating group) is 4. The van der Waals surface area contributed by atoms with Gasteiger partial charge in [-0.3, -0.25) is 19.2 Å². The van der Waals surface area contributed by atoms with Crippen LogP contribution < -0.4 is 0 Å². The van der Waals surface area contributed by atoms with Crippen molar-refractivity contribution >= 4 is 47.5 Å². The molecule has 4 rings (SSSR count). The fourth-order valence-corrected chi connectivity index (χ4v) is 9.55. The van der Waals surface area contributed by atoms with Gasteiger partial charge in [0, 0.05) is 67.1 Å². The van der Waals surface area contributed by atoms with E-state index in [0.717, 1.165) is 43.6 Å². The molecule has 0 N–H and O–H groups in total. The summed E-state index contributed by atoms with van der Waals surface area (Å²) in [7, 11) is 5.04. The molecule has 0 unspecified atom stereocenters. The van der Waals surface area contributed by atoms with Crippen LogP contribution in [0.5, 0.6) is 0 Å². The third-order valence-corrected chi connectivity index (χ3v) is 14.1. The van der Waals surface area contributed by atoms with E-state index in [0.29, 0.717) is 24.3 Å². The monoisotopic (exact) mass is 1080 g/mol. The fraction of sp³-hybridized carbons (Fsp3) is 0.655. The second kappa shape index (κ2) is 27.6. The molecule has 8 atom stereocenters. The average molecular weight is 1080 g/mol. The van der Waals surface area contributed by atoms with E-state index in [4.69, 9.17) is 23.7 Å². The molecule has 0 spiro atoms. The van der Waals surface area contributed by atoms with Crippen LogP contribution in [0, 0.1) is 18.8 Å². The number of amides is 4. The number of cyclic esters (lactones) is 4. The van der Waals surface area contributed by atoms with Gasteiger partial charge in [-0.05, 0) is 109 Å². The maximum absolute atomic E-state index is 15.8. The predicted octanol–water partition coefficient (Wildman–Crippen LogP) is 7.05. The zero-order valence-corrected chi connectivity index (χ0v) is 47.9. The molecule has 0 radical (unpaired) electrons. The average Bonchev–Trinajstić information content (AvgIpc) is 3.35. The Kier molecular flexibility index (Phi) is 22.7. The number of hydrogen-bond donors (Lipinski definition) is 0. The van der Waals surface area contributed by atoms with Crippen LogP contribution in [-0.4, -0.2) is 168 Å². The molecule has 2 fully saturated rings. The molecule has 17 nitrogen and oxygen atoms in total. The molecular formula is C58H84F2N4O13. The highest BCUT2D eigenvalue weighted by Gasteiger charge is 2.44. The summed E-state index contributed by atoms with van der Waals surface area (Å²) in [4.78, 5) is 120. The molecule has 0 saturated carbocycles. The van der Waals surface area contributed by atoms with E-state index in [1.54, 1.807) is 64.1 Å². The third kappa shape index (κ3) is 18.6. The van der Waals surface area contributed by atoms with Gasteiger partial charge in [0.15, 0.2) is 24.4 Å². The van der Waals surface area contributed by atoms with Crippen molar-refractivity contribution in [1.82, 2.24) is 19.6 Å². The first-order chi connectivity index (χ1) is 35.8. The normalized spacial score (nSPS) is 25.4. The highest BCUT2D eigenvalue weighted by atomic mass is 19.1. The van der Waals surface area contributed by atoms with Crippen molar-refractivity contribution in [2.24, 2.45) is 11.8 Å². The standard InChI is InChI=1S/C58H84F2N4O13/c1-34(2)28-43-53(69)74-38(7)50(66)64(15)46(33-58(10,11)60)56(72)77-48(31-40-20-22-41(23-21-40)42-24-26-73-27-25-42)52(68)62(13)44(29-35(3)4)54(70)75-37(6)49(65)63(14)45(32-57(8,9)59)55(71)76-47(51(67)61(43)12)30-39-18-16-36(5)17-19-39/h16-23,34-35,37-38,42-48H,24-33H2,1-15H3/t37-,38-,43+,44+,45+,46+,47-,48-/m1/s1. The van der Waals surface area contributed by atoms with Gasteiger partial charge in [-0.25, -0.2) is 28.0 Å². The van der Waals surface area contributed by atoms with Crippen LogP contribution in [0.15, 0.2) is 48.5 Å². The summed E-state index contributed by atoms with van der Waals surface area (Å²) in [6, 6.07) is 8.30. The molecule has 0 aliphatic carbocycles. The summed E-state index contributed by atoms with van der Waals surface area (Å²) in [6.45, 7) is 17.5. The predicted molar refractivity (Wildman–Crippen MR) is 283 cm³/mol. The SMILES string of the molecule is Cc1ccc(C[C@H]2OC(=O)[C@H](CC(C)(C)F)N(C)C(=O)[C@@H](C)OC(=O)[C@H](CC(C)C)N(C)C(=O)[C@@H](Cc3ccc(C4CCOCC4)cc3)OC(=O)[C@H](CC(C)(C)F)N(C)C(=O)[C@@H](C)OC(=O)[C@H](CC(C)C)N(C)C2=O)cc1. The van der Waals surface area contributed by atoms with Crippen molar-refractivity contribution in [1.29, 1.82) is 0 Å². The van der Waals surface area contributed by atoms with Crippen molar-refractivity contribution in [3.63, 3.8) is 0 Å². The van der Waals surface area contributed by atoms with Gasteiger partial charge in [0.05, 0.1) is 0 Å². The first kappa shape index (κ1) is 63.6. The number of rotatable bonds is 13. The van der Waals surface area contributed by atoms with Crippen LogP contribution in [0.4, 0.5) is 8.78 Å². The quantitative estimate of drug-likeness (QED) is 0.146. The van der Waals surface area contributed by atoms with E-state index >= 15 is 8.78 Å². The highest BCUT2D eigenvalue weighted by molar-refractivity contribution is 5.94. The number of halogens is 2. The number of aryl methyl sites for hydroxylation is 1. The number of carbonyl (C=O) groups is 8. The number of hydrogen-bond acceptors (Lipinski definition) is 13. The van der Waals surface area contributed by atoms with E-state index in [1.807, 2.05) is 19.1 Å². The first-order valence-electron chi connectivity index (χ1n) is 26.8. The Balaban J connectivity index is 1.89. The Morgan fingerprint density at radius 1 is 0.506 bits per heavy atom. The second-order valence-electron chi connectivity index (χ2n) is 23.0. The molecule has 2 aromatic carbocycles. The molecule has 19 heteroatoms. The lowest BCUT2D eigenvalue weighted by Crippen LogP contribution is -2.55. The van der Waals surface area contributed by atoms with Gasteiger partial charge in [0.1, 0.15) is 35.5 Å². The number of ether oxygens (including phenoxy) is 5. The van der Waals surface area contributed by atoms with Crippen molar-refractivity contribution in [3.05, 3.63) is 70.8 Å². The van der Waals surface area contributed by atoms with E-state index in [1.165, 1.54) is 69.7 Å². The number of alkyl halides is 2. The molecule has 2 heterocycles. The topological polar surface area (TPSA) is 196 Å². The molecule has 428 valence electrons. The lowest BCUT2D eigenvalue weighted by atomic mass is 9.90. The second-order valence-corrected chi connectivity index (χ2v) is 23.0. The molecule has 0 aromatic heterocycles. The van der Waals surface area contributed by atoms with Gasteiger partial charge in [0.2, 0.25) is 0 Å². The summed E-state index contributed by atoms with van der Waals surface area (Å²) >= 11 is 0. The molecule has 77 heavy (non-hydrogen) atoms. The molecule has 2 aliphatic heterocycles. The van der Waals surface area contributed by atoms with Crippen LogP contribution in [0.3, 0.4) is 0 Å². The van der Waals surface area contributed by atoms with Gasteiger partial charge in [-0.15, -0.1) is 0 Å². The largest absolute Gasteiger partial charge is 0.451 e. The van der Waals surface area contributed by atoms with Gasteiger partial charge in [0.25, 0.3) is 23.6 Å². The molecule has 4 amide bonds. The summed E-state index contributed by atoms with van der Waals surface area (Å²) in [5.74, 6) is -8.27. The van der Waals surface area contributed by atoms with Crippen molar-refractivity contribution in [2.75, 3.05) is 41.4 Å². The Morgan fingerprint density at radius 2 is 0.831 bits per heavy atom. The number of nitrogens with zero attached hydrogens (tertiary/aromatic N) is 4. The van der Waals surface area contributed by atoms with Crippen molar-refractivity contribution in [3.8, 4) is 0 Å². The smallest absolute Gasteiger partial charge is 0.329 e. The molecular weight excluding hydrogens is 999 g/mol. The van der Waals surface area contributed by atoms with Crippen LogP contribution in [0.25, 0.3) is 0 Å². The minimum atomic E-state index is -2.10. The number of carbonyl (C=O) groups excluding carboxylic acids is 8. The lowest BCUT2D eigenvalue weighted by Gasteiger charge is -2.36. The van der Waals surface area contributed by atoms with Gasteiger partial charge < -0.3 is 43.3 Å². The third-order valence-electron chi connectivity index (χ3n) is 14.1. The van der Waals surface area contributed by atoms with Crippen LogP contribution in [0.1, 0.15) is 136 Å². The van der Waals surface area contributed by atoms with Crippen molar-refractivity contribution < 1.29 is 70.8 Å². The zero-order chi connectivity index (χ0) is 57.9. The number of benzene rings is 2. The minimum absolute atomic E-state index is 0.000678. The fourth-order valence-electron chi connectivity index (χ4n) is 9.55. The van der Waals surface area contributed by atoms with Crippen molar-refractivity contribution in [2.45, 2.75) is 193 Å². The molecule has 0 bridgehead atoms. The summed E-state index contributed by atoms with van der Waals surface area (Å²) < 4.78 is 60.7. The van der Waals surface area contributed by atoms with E-state index in [-0.39, 0.29) is 43.4 Å². The minimum Gasteiger partial charge on any atom is -0.451 e. The Bertz CT molecular complexity index is 2360. The summed E-state index contributed by atoms with van der Waals surface area (Å²) in [6.07, 6.45) is -6.61. The van der Waals surface area contributed by atoms with Gasteiger partial charge in [-0.1, -0.05) is 81.8 Å². The maximum atomic E-state index is 15.8. The molecule has 2 aromatic rings. The highest BCUT2D eigenvalue weighted by Crippen LogP contribution is 2.30.